The van der Waals surface area contributed by atoms with Crippen molar-refractivity contribution in [1.82, 2.24) is 19.4 Å². The van der Waals surface area contributed by atoms with Crippen LogP contribution in [0.25, 0.3) is 11.0 Å². The van der Waals surface area contributed by atoms with Crippen LogP contribution in [0, 0.1) is 0 Å². The molecule has 5 nitrogen and oxygen atoms in total. The molecule has 0 N–H and O–H groups in total. The Morgan fingerprint density at radius 2 is 2.12 bits per heavy atom. The van der Waals surface area contributed by atoms with Gasteiger partial charge >= 0.3 is 0 Å². The van der Waals surface area contributed by atoms with Gasteiger partial charge in [0.2, 0.25) is 5.91 Å². The molecule has 1 aliphatic rings. The van der Waals surface area contributed by atoms with Gasteiger partial charge in [-0.15, -0.1) is 0 Å². The summed E-state index contributed by atoms with van der Waals surface area (Å²) in [5, 5.41) is 0. The van der Waals surface area contributed by atoms with Gasteiger partial charge < -0.3 is 9.47 Å². The van der Waals surface area contributed by atoms with Crippen molar-refractivity contribution in [3.8, 4) is 0 Å². The molecule has 1 saturated heterocycles. The van der Waals surface area contributed by atoms with Gasteiger partial charge in [-0.2, -0.15) is 0 Å². The van der Waals surface area contributed by atoms with Crippen LogP contribution in [0.15, 0.2) is 55.1 Å². The summed E-state index contributed by atoms with van der Waals surface area (Å²) in [6.45, 7) is 1.50. The van der Waals surface area contributed by atoms with Crippen molar-refractivity contribution in [2.45, 2.75) is 31.8 Å². The number of hydrogen-bond donors (Lipinski definition) is 0. The Morgan fingerprint density at radius 1 is 1.21 bits per heavy atom. The zero-order valence-electron chi connectivity index (χ0n) is 13.5. The third kappa shape index (κ3) is 2.77. The van der Waals surface area contributed by atoms with Crippen LogP contribution in [-0.4, -0.2) is 31.9 Å². The normalized spacial score (nSPS) is 17.5. The van der Waals surface area contributed by atoms with E-state index >= 15 is 0 Å². The van der Waals surface area contributed by atoms with E-state index in [-0.39, 0.29) is 11.9 Å². The lowest BCUT2D eigenvalue weighted by Crippen LogP contribution is -2.31. The lowest BCUT2D eigenvalue weighted by molar-refractivity contribution is -0.132. The SMILES string of the molecule is O=C(CCn1cnc2ccccc21)N1CCCC1c1cccnc1. The lowest BCUT2D eigenvalue weighted by atomic mass is 10.1. The van der Waals surface area contributed by atoms with Crippen molar-refractivity contribution in [3.05, 3.63) is 60.7 Å². The number of aryl methyl sites for hydroxylation is 1. The van der Waals surface area contributed by atoms with E-state index in [4.69, 9.17) is 0 Å². The number of rotatable bonds is 4. The molecule has 24 heavy (non-hydrogen) atoms. The van der Waals surface area contributed by atoms with Crippen LogP contribution in [0.1, 0.15) is 30.9 Å². The van der Waals surface area contributed by atoms with E-state index in [1.165, 1.54) is 0 Å². The Hall–Kier alpha value is -2.69. The van der Waals surface area contributed by atoms with Gasteiger partial charge in [-0.05, 0) is 36.6 Å². The van der Waals surface area contributed by atoms with Crippen LogP contribution in [0.3, 0.4) is 0 Å². The van der Waals surface area contributed by atoms with Crippen LogP contribution in [0.2, 0.25) is 0 Å². The standard InChI is InChI=1S/C19H20N4O/c24-19(9-12-22-14-21-16-6-1-2-7-18(16)22)23-11-4-8-17(23)15-5-3-10-20-13-15/h1-3,5-7,10,13-14,17H,4,8-9,11-12H2. The van der Waals surface area contributed by atoms with Gasteiger partial charge in [0, 0.05) is 31.9 Å². The fourth-order valence-electron chi connectivity index (χ4n) is 3.53. The summed E-state index contributed by atoms with van der Waals surface area (Å²) in [5.41, 5.74) is 3.19. The molecule has 1 aliphatic heterocycles. The summed E-state index contributed by atoms with van der Waals surface area (Å²) in [4.78, 5) is 23.3. The number of nitrogens with zero attached hydrogens (tertiary/aromatic N) is 4. The molecular formula is C19H20N4O. The van der Waals surface area contributed by atoms with Crippen molar-refractivity contribution in [2.24, 2.45) is 0 Å². The molecule has 4 rings (SSSR count). The highest BCUT2D eigenvalue weighted by atomic mass is 16.2. The van der Waals surface area contributed by atoms with Gasteiger partial charge in [0.25, 0.3) is 0 Å². The molecule has 5 heteroatoms. The molecule has 2 aromatic heterocycles. The quantitative estimate of drug-likeness (QED) is 0.742. The second kappa shape index (κ2) is 6.43. The second-order valence-corrected chi connectivity index (χ2v) is 6.21. The molecular weight excluding hydrogens is 300 g/mol. The lowest BCUT2D eigenvalue weighted by Gasteiger charge is -2.25. The van der Waals surface area contributed by atoms with Crippen LogP contribution < -0.4 is 0 Å². The number of fused-ring (bicyclic) bond motifs is 1. The molecule has 3 heterocycles. The Bertz CT molecular complexity index is 843. The first kappa shape index (κ1) is 14.9. The molecule has 0 aliphatic carbocycles. The predicted octanol–water partition coefficient (Wildman–Crippen LogP) is 3.19. The van der Waals surface area contributed by atoms with E-state index in [9.17, 15) is 4.79 Å². The summed E-state index contributed by atoms with van der Waals surface area (Å²) in [5.74, 6) is 0.208. The van der Waals surface area contributed by atoms with Crippen molar-refractivity contribution in [2.75, 3.05) is 6.54 Å². The van der Waals surface area contributed by atoms with E-state index in [1.54, 1.807) is 6.20 Å². The van der Waals surface area contributed by atoms with Crippen molar-refractivity contribution < 1.29 is 4.79 Å². The van der Waals surface area contributed by atoms with Crippen molar-refractivity contribution in [3.63, 3.8) is 0 Å². The first-order valence-corrected chi connectivity index (χ1v) is 8.42. The predicted molar refractivity (Wildman–Crippen MR) is 92.3 cm³/mol. The third-order valence-corrected chi connectivity index (χ3v) is 4.74. The van der Waals surface area contributed by atoms with E-state index in [1.807, 2.05) is 47.8 Å². The molecule has 1 amide bonds. The monoisotopic (exact) mass is 320 g/mol. The maximum absolute atomic E-state index is 12.7. The van der Waals surface area contributed by atoms with E-state index < -0.39 is 0 Å². The minimum atomic E-state index is 0.172. The average molecular weight is 320 g/mol. The van der Waals surface area contributed by atoms with Crippen LogP contribution in [0.4, 0.5) is 0 Å². The van der Waals surface area contributed by atoms with Gasteiger partial charge in [-0.1, -0.05) is 18.2 Å². The summed E-state index contributed by atoms with van der Waals surface area (Å²) in [6, 6.07) is 12.2. The number of aromatic nitrogens is 3. The number of benzene rings is 1. The van der Waals surface area contributed by atoms with Crippen LogP contribution >= 0.6 is 0 Å². The van der Waals surface area contributed by atoms with Gasteiger partial charge in [0.1, 0.15) is 0 Å². The van der Waals surface area contributed by atoms with Gasteiger partial charge in [0.15, 0.2) is 0 Å². The molecule has 122 valence electrons. The van der Waals surface area contributed by atoms with Crippen LogP contribution in [0.5, 0.6) is 0 Å². The minimum absolute atomic E-state index is 0.172. The second-order valence-electron chi connectivity index (χ2n) is 6.21. The number of hydrogen-bond acceptors (Lipinski definition) is 3. The molecule has 0 saturated carbocycles. The zero-order valence-corrected chi connectivity index (χ0v) is 13.5. The first-order chi connectivity index (χ1) is 11.8. The first-order valence-electron chi connectivity index (χ1n) is 8.42. The largest absolute Gasteiger partial charge is 0.336 e. The minimum Gasteiger partial charge on any atom is -0.336 e. The molecule has 1 fully saturated rings. The number of likely N-dealkylation sites (tertiary alicyclic amines) is 1. The van der Waals surface area contributed by atoms with Gasteiger partial charge in [0.05, 0.1) is 23.4 Å². The third-order valence-electron chi connectivity index (χ3n) is 4.74. The van der Waals surface area contributed by atoms with E-state index in [0.717, 1.165) is 36.0 Å². The summed E-state index contributed by atoms with van der Waals surface area (Å²) in [6.07, 6.45) is 8.04. The summed E-state index contributed by atoms with van der Waals surface area (Å²) < 4.78 is 2.06. The Morgan fingerprint density at radius 3 is 3.00 bits per heavy atom. The highest BCUT2D eigenvalue weighted by Crippen LogP contribution is 2.31. The Labute approximate surface area is 140 Å². The van der Waals surface area contributed by atoms with Gasteiger partial charge in [-0.25, -0.2) is 4.98 Å². The molecule has 0 bridgehead atoms. The maximum Gasteiger partial charge on any atom is 0.224 e. The van der Waals surface area contributed by atoms with Crippen molar-refractivity contribution >= 4 is 16.9 Å². The molecule has 1 atom stereocenters. The number of para-hydroxylation sites is 2. The van der Waals surface area contributed by atoms with Gasteiger partial charge in [-0.3, -0.25) is 9.78 Å². The van der Waals surface area contributed by atoms with Crippen LogP contribution in [-0.2, 0) is 11.3 Å². The number of imidazole rings is 1. The molecule has 1 aromatic carbocycles. The Kier molecular flexibility index (Phi) is 3.99. The highest BCUT2D eigenvalue weighted by molar-refractivity contribution is 5.78. The molecule has 0 spiro atoms. The average Bonchev–Trinajstić information content (AvgIpc) is 3.28. The number of pyridine rings is 1. The molecule has 0 radical (unpaired) electrons. The van der Waals surface area contributed by atoms with E-state index in [0.29, 0.717) is 13.0 Å². The number of carbonyl (C=O) groups excluding carboxylic acids is 1. The summed E-state index contributed by atoms with van der Waals surface area (Å²) in [7, 11) is 0. The maximum atomic E-state index is 12.7. The molecule has 1 unspecified atom stereocenters. The zero-order chi connectivity index (χ0) is 16.4. The summed E-state index contributed by atoms with van der Waals surface area (Å²) >= 11 is 0. The Balaban J connectivity index is 1.46. The van der Waals surface area contributed by atoms with Crippen molar-refractivity contribution in [1.29, 1.82) is 0 Å². The number of amides is 1. The smallest absolute Gasteiger partial charge is 0.224 e. The number of carbonyl (C=O) groups is 1. The molecule has 3 aromatic rings. The topological polar surface area (TPSA) is 51.0 Å². The fraction of sp³-hybridized carbons (Fsp3) is 0.316. The fourth-order valence-corrected chi connectivity index (χ4v) is 3.53. The highest BCUT2D eigenvalue weighted by Gasteiger charge is 2.29. The van der Waals surface area contributed by atoms with E-state index in [2.05, 4.69) is 20.6 Å².